The molecule has 2 aromatic heterocycles. The van der Waals surface area contributed by atoms with E-state index in [0.717, 1.165) is 38.8 Å². The molecule has 1 aliphatic carbocycles. The highest BCUT2D eigenvalue weighted by molar-refractivity contribution is 6.05. The zero-order valence-electron chi connectivity index (χ0n) is 18.2. The van der Waals surface area contributed by atoms with Gasteiger partial charge in [0.2, 0.25) is 5.91 Å². The van der Waals surface area contributed by atoms with Gasteiger partial charge in [-0.2, -0.15) is 25.5 Å². The Morgan fingerprint density at radius 1 is 1.15 bits per heavy atom. The Balaban J connectivity index is 1.48. The molecule has 0 atom stereocenters. The van der Waals surface area contributed by atoms with E-state index in [1.54, 1.807) is 17.2 Å². The van der Waals surface area contributed by atoms with Crippen molar-refractivity contribution in [3.05, 3.63) is 60.4 Å². The number of anilines is 1. The average molecular weight is 445 g/mol. The Kier molecular flexibility index (Phi) is 4.43. The number of aromatic nitrogens is 4. The predicted molar refractivity (Wildman–Crippen MR) is 125 cm³/mol. The molecule has 2 aromatic carbocycles. The molecule has 34 heavy (non-hydrogen) atoms. The summed E-state index contributed by atoms with van der Waals surface area (Å²) in [6, 6.07) is 18.4. The second kappa shape index (κ2) is 7.50. The molecule has 1 saturated carbocycles. The van der Waals surface area contributed by atoms with Crippen LogP contribution in [-0.4, -0.2) is 25.9 Å². The van der Waals surface area contributed by atoms with Crippen LogP contribution < -0.4 is 5.32 Å². The summed E-state index contributed by atoms with van der Waals surface area (Å²) in [7, 11) is 0. The zero-order valence-corrected chi connectivity index (χ0v) is 18.2. The highest BCUT2D eigenvalue weighted by Crippen LogP contribution is 2.46. The summed E-state index contributed by atoms with van der Waals surface area (Å²) in [5, 5.41) is 31.8. The minimum Gasteiger partial charge on any atom is -0.325 e. The third-order valence-corrected chi connectivity index (χ3v) is 6.83. The molecule has 164 valence electrons. The molecule has 1 aliphatic heterocycles. The van der Waals surface area contributed by atoms with Crippen molar-refractivity contribution in [3.8, 4) is 34.5 Å². The van der Waals surface area contributed by atoms with Crippen molar-refractivity contribution in [2.24, 2.45) is 5.92 Å². The number of para-hydroxylation sites is 1. The van der Waals surface area contributed by atoms with Crippen molar-refractivity contribution in [2.75, 3.05) is 5.32 Å². The van der Waals surface area contributed by atoms with Gasteiger partial charge in [0.25, 0.3) is 0 Å². The molecular weight excluding hydrogens is 426 g/mol. The van der Waals surface area contributed by atoms with Crippen LogP contribution in [0.1, 0.15) is 24.8 Å². The largest absolute Gasteiger partial charge is 0.325 e. The number of fused-ring (bicyclic) bond motifs is 2. The minimum absolute atomic E-state index is 0.0107. The molecule has 8 nitrogen and oxygen atoms in total. The first-order valence-corrected chi connectivity index (χ1v) is 11.1. The molecule has 1 N–H and O–H groups in total. The number of benzene rings is 2. The first-order chi connectivity index (χ1) is 16.6. The van der Waals surface area contributed by atoms with Crippen LogP contribution in [0.2, 0.25) is 0 Å². The third kappa shape index (κ3) is 3.04. The van der Waals surface area contributed by atoms with Crippen LogP contribution in [0.3, 0.4) is 0 Å². The van der Waals surface area contributed by atoms with Gasteiger partial charge >= 0.3 is 0 Å². The number of rotatable bonds is 4. The summed E-state index contributed by atoms with van der Waals surface area (Å²) in [6.07, 6.45) is 5.24. The first-order valence-electron chi connectivity index (χ1n) is 11.1. The van der Waals surface area contributed by atoms with Crippen molar-refractivity contribution in [1.29, 1.82) is 10.5 Å². The maximum Gasteiger partial charge on any atom is 0.228 e. The number of amides is 1. The maximum absolute atomic E-state index is 12.0. The first kappa shape index (κ1) is 20.1. The molecule has 3 heterocycles. The van der Waals surface area contributed by atoms with Crippen molar-refractivity contribution in [1.82, 2.24) is 20.0 Å². The van der Waals surface area contributed by atoms with E-state index in [4.69, 9.17) is 5.10 Å². The van der Waals surface area contributed by atoms with Gasteiger partial charge in [0.15, 0.2) is 0 Å². The van der Waals surface area contributed by atoms with Gasteiger partial charge in [-0.25, -0.2) is 0 Å². The highest BCUT2D eigenvalue weighted by Gasteiger charge is 2.48. The average Bonchev–Trinajstić information content (AvgIpc) is 3.46. The van der Waals surface area contributed by atoms with E-state index in [1.807, 2.05) is 42.5 Å². The van der Waals surface area contributed by atoms with Gasteiger partial charge in [-0.3, -0.25) is 9.78 Å². The lowest BCUT2D eigenvalue weighted by molar-refractivity contribution is -0.115. The Bertz CT molecular complexity index is 1550. The third-order valence-electron chi connectivity index (χ3n) is 6.83. The van der Waals surface area contributed by atoms with E-state index in [2.05, 4.69) is 27.5 Å². The molecule has 6 rings (SSSR count). The monoisotopic (exact) mass is 445 g/mol. The molecule has 0 radical (unpaired) electrons. The van der Waals surface area contributed by atoms with Crippen molar-refractivity contribution in [2.45, 2.75) is 31.2 Å². The lowest BCUT2D eigenvalue weighted by Gasteiger charge is -2.42. The summed E-state index contributed by atoms with van der Waals surface area (Å²) in [6.45, 7) is 0. The molecule has 0 saturated heterocycles. The van der Waals surface area contributed by atoms with E-state index >= 15 is 0 Å². The standard InChI is InChI=1S/C26H19N7O/c27-7-6-26(12-16(13-26)14-28)33-30-15-23(32-33)21-9-18(10-22-20(21)5-2-8-29-22)19-4-1-3-17-11-24(34)31-25(17)19/h1-5,8-10,15-16H,6,11-13H2,(H,31,34). The van der Waals surface area contributed by atoms with Gasteiger partial charge < -0.3 is 5.32 Å². The van der Waals surface area contributed by atoms with Crippen LogP contribution in [0.5, 0.6) is 0 Å². The number of nitriles is 2. The Labute approximate surface area is 195 Å². The lowest BCUT2D eigenvalue weighted by atomic mass is 9.68. The SMILES string of the molecule is N#CCC1(n2ncc(-c3cc(-c4cccc5c4NC(=O)C5)cc4ncccc34)n2)CC(C#N)C1. The predicted octanol–water partition coefficient (Wildman–Crippen LogP) is 4.20. The molecule has 0 spiro atoms. The van der Waals surface area contributed by atoms with Gasteiger partial charge in [0, 0.05) is 22.7 Å². The lowest BCUT2D eigenvalue weighted by Crippen LogP contribution is -2.47. The Morgan fingerprint density at radius 2 is 2.03 bits per heavy atom. The van der Waals surface area contributed by atoms with Crippen LogP contribution in [0, 0.1) is 28.6 Å². The van der Waals surface area contributed by atoms with Crippen molar-refractivity contribution in [3.63, 3.8) is 0 Å². The molecule has 1 fully saturated rings. The summed E-state index contributed by atoms with van der Waals surface area (Å²) >= 11 is 0. The van der Waals surface area contributed by atoms with Crippen LogP contribution in [0.15, 0.2) is 54.9 Å². The summed E-state index contributed by atoms with van der Waals surface area (Å²) < 4.78 is 0. The quantitative estimate of drug-likeness (QED) is 0.503. The molecular formula is C26H19N7O. The van der Waals surface area contributed by atoms with Gasteiger partial charge in [-0.1, -0.05) is 24.3 Å². The van der Waals surface area contributed by atoms with Crippen molar-refractivity contribution < 1.29 is 4.79 Å². The fourth-order valence-electron chi connectivity index (χ4n) is 5.13. The molecule has 2 aliphatic rings. The van der Waals surface area contributed by atoms with Gasteiger partial charge in [-0.15, -0.1) is 0 Å². The normalized spacial score (nSPS) is 20.8. The van der Waals surface area contributed by atoms with Gasteiger partial charge in [-0.05, 0) is 42.2 Å². The fraction of sp³-hybridized carbons (Fsp3) is 0.231. The molecule has 0 unspecified atom stereocenters. The summed E-state index contributed by atoms with van der Waals surface area (Å²) in [5.74, 6) is -0.0879. The van der Waals surface area contributed by atoms with E-state index in [9.17, 15) is 15.3 Å². The topological polar surface area (TPSA) is 120 Å². The zero-order chi connectivity index (χ0) is 23.3. The Hall–Kier alpha value is -4.56. The number of nitrogens with one attached hydrogen (secondary N) is 1. The Morgan fingerprint density at radius 3 is 2.85 bits per heavy atom. The second-order valence-electron chi connectivity index (χ2n) is 8.97. The molecule has 4 aromatic rings. The second-order valence-corrected chi connectivity index (χ2v) is 8.97. The van der Waals surface area contributed by atoms with E-state index in [1.165, 1.54) is 0 Å². The number of hydrogen-bond acceptors (Lipinski definition) is 6. The maximum atomic E-state index is 12.0. The molecule has 8 heteroatoms. The molecule has 0 bridgehead atoms. The number of pyridine rings is 1. The van der Waals surface area contributed by atoms with Crippen LogP contribution in [-0.2, 0) is 16.8 Å². The number of carbonyl (C=O) groups excluding carboxylic acids is 1. The number of hydrogen-bond donors (Lipinski definition) is 1. The van der Waals surface area contributed by atoms with E-state index < -0.39 is 5.54 Å². The van der Waals surface area contributed by atoms with Crippen molar-refractivity contribution >= 4 is 22.5 Å². The van der Waals surface area contributed by atoms with Gasteiger partial charge in [0.05, 0.1) is 53.8 Å². The van der Waals surface area contributed by atoms with Crippen LogP contribution in [0.4, 0.5) is 5.69 Å². The smallest absolute Gasteiger partial charge is 0.228 e. The highest BCUT2D eigenvalue weighted by atomic mass is 16.1. The number of nitrogens with zero attached hydrogens (tertiary/aromatic N) is 6. The minimum atomic E-state index is -0.538. The van der Waals surface area contributed by atoms with E-state index in [0.29, 0.717) is 25.0 Å². The summed E-state index contributed by atoms with van der Waals surface area (Å²) in [5.41, 5.74) is 5.49. The van der Waals surface area contributed by atoms with Gasteiger partial charge in [0.1, 0.15) is 5.69 Å². The van der Waals surface area contributed by atoms with Crippen LogP contribution >= 0.6 is 0 Å². The fourth-order valence-corrected chi connectivity index (χ4v) is 5.13. The van der Waals surface area contributed by atoms with Crippen LogP contribution in [0.25, 0.3) is 33.3 Å². The van der Waals surface area contributed by atoms with E-state index in [-0.39, 0.29) is 18.2 Å². The summed E-state index contributed by atoms with van der Waals surface area (Å²) in [4.78, 5) is 18.2. The molecule has 1 amide bonds. The number of carbonyl (C=O) groups is 1.